The molecule has 1 fully saturated rings. The van der Waals surface area contributed by atoms with E-state index in [4.69, 9.17) is 16.9 Å². The van der Waals surface area contributed by atoms with Gasteiger partial charge in [0.25, 0.3) is 0 Å². The smallest absolute Gasteiger partial charge is 0.227 e. The first kappa shape index (κ1) is 15.5. The van der Waals surface area contributed by atoms with Gasteiger partial charge in [-0.25, -0.2) is 0 Å². The van der Waals surface area contributed by atoms with E-state index in [1.165, 1.54) is 6.92 Å². The summed E-state index contributed by atoms with van der Waals surface area (Å²) in [6.07, 6.45) is 1.82. The van der Waals surface area contributed by atoms with E-state index in [0.29, 0.717) is 17.1 Å². The highest BCUT2D eigenvalue weighted by atomic mass is 35.5. The molecule has 21 heavy (non-hydrogen) atoms. The Kier molecular flexibility index (Phi) is 4.64. The van der Waals surface area contributed by atoms with Crippen LogP contribution in [0.3, 0.4) is 0 Å². The van der Waals surface area contributed by atoms with Crippen LogP contribution in [0.1, 0.15) is 36.5 Å². The molecule has 1 aliphatic heterocycles. The summed E-state index contributed by atoms with van der Waals surface area (Å²) in [7, 11) is 0. The second-order valence-electron chi connectivity index (χ2n) is 5.36. The van der Waals surface area contributed by atoms with Crippen LogP contribution in [-0.2, 0) is 16.0 Å². The van der Waals surface area contributed by atoms with Gasteiger partial charge in [-0.2, -0.15) is 5.26 Å². The molecule has 1 heterocycles. The molecule has 5 heteroatoms. The Balaban J connectivity index is 2.19. The summed E-state index contributed by atoms with van der Waals surface area (Å²) in [4.78, 5) is 25.6. The maximum atomic E-state index is 12.4. The highest BCUT2D eigenvalue weighted by Crippen LogP contribution is 2.25. The molecule has 2 rings (SSSR count). The molecule has 0 aliphatic carbocycles. The molecule has 1 aromatic rings. The van der Waals surface area contributed by atoms with E-state index < -0.39 is 0 Å². The van der Waals surface area contributed by atoms with Crippen LogP contribution >= 0.6 is 11.6 Å². The van der Waals surface area contributed by atoms with Gasteiger partial charge in [0.15, 0.2) is 5.78 Å². The third kappa shape index (κ3) is 3.08. The fraction of sp³-hybridized carbons (Fsp3) is 0.438. The zero-order valence-electron chi connectivity index (χ0n) is 12.1. The number of nitrogens with zero attached hydrogens (tertiary/aromatic N) is 2. The molecule has 0 saturated carbocycles. The molecular formula is C16H17ClN2O2. The van der Waals surface area contributed by atoms with Crippen LogP contribution in [0.5, 0.6) is 0 Å². The van der Waals surface area contributed by atoms with Gasteiger partial charge in [0, 0.05) is 6.54 Å². The Bertz CT molecular complexity index is 634. The molecule has 1 aliphatic rings. The molecule has 1 saturated heterocycles. The third-order valence-corrected chi connectivity index (χ3v) is 4.49. The number of Topliss-reactive ketones (excluding diaryl/α,β-unsaturated/α-hetero) is 1. The van der Waals surface area contributed by atoms with Crippen molar-refractivity contribution in [1.29, 1.82) is 5.26 Å². The molecule has 0 radical (unpaired) electrons. The molecule has 4 nitrogen and oxygen atoms in total. The fourth-order valence-corrected chi connectivity index (χ4v) is 2.98. The van der Waals surface area contributed by atoms with E-state index >= 15 is 0 Å². The van der Waals surface area contributed by atoms with Crippen molar-refractivity contribution in [2.45, 2.75) is 39.2 Å². The second-order valence-corrected chi connectivity index (χ2v) is 5.73. The maximum absolute atomic E-state index is 12.4. The van der Waals surface area contributed by atoms with Gasteiger partial charge in [0.2, 0.25) is 5.91 Å². The zero-order chi connectivity index (χ0) is 15.6. The number of likely N-dealkylation sites (tertiary alicyclic amines) is 1. The lowest BCUT2D eigenvalue weighted by atomic mass is 10.0. The highest BCUT2D eigenvalue weighted by Gasteiger charge is 2.31. The lowest BCUT2D eigenvalue weighted by Crippen LogP contribution is -2.40. The zero-order valence-corrected chi connectivity index (χ0v) is 12.9. The van der Waals surface area contributed by atoms with E-state index in [1.54, 1.807) is 24.0 Å². The Morgan fingerprint density at radius 2 is 2.19 bits per heavy atom. The van der Waals surface area contributed by atoms with E-state index in [1.807, 2.05) is 6.07 Å². The van der Waals surface area contributed by atoms with Crippen molar-refractivity contribution in [2.24, 2.45) is 0 Å². The molecule has 0 spiro atoms. The van der Waals surface area contributed by atoms with Crippen molar-refractivity contribution in [2.75, 3.05) is 6.54 Å². The topological polar surface area (TPSA) is 61.2 Å². The van der Waals surface area contributed by atoms with Crippen LogP contribution < -0.4 is 0 Å². The SMILES string of the molecule is CC(=O)C1CCCN1C(=O)Cc1ccc(C#N)c(Cl)c1C. The van der Waals surface area contributed by atoms with Gasteiger partial charge in [-0.05, 0) is 43.9 Å². The predicted octanol–water partition coefficient (Wildman–Crippen LogP) is 2.64. The Hall–Kier alpha value is -1.86. The monoisotopic (exact) mass is 304 g/mol. The molecule has 1 unspecified atom stereocenters. The Labute approximate surface area is 129 Å². The number of hydrogen-bond donors (Lipinski definition) is 0. The number of amides is 1. The lowest BCUT2D eigenvalue weighted by Gasteiger charge is -2.23. The fourth-order valence-electron chi connectivity index (χ4n) is 2.76. The summed E-state index contributed by atoms with van der Waals surface area (Å²) in [6.45, 7) is 3.96. The Morgan fingerprint density at radius 1 is 1.48 bits per heavy atom. The number of rotatable bonds is 3. The van der Waals surface area contributed by atoms with Crippen LogP contribution in [0.15, 0.2) is 12.1 Å². The molecule has 0 aromatic heterocycles. The second kappa shape index (κ2) is 6.28. The van der Waals surface area contributed by atoms with Gasteiger partial charge in [0.05, 0.1) is 23.0 Å². The minimum atomic E-state index is -0.286. The van der Waals surface area contributed by atoms with Crippen molar-refractivity contribution in [1.82, 2.24) is 4.90 Å². The van der Waals surface area contributed by atoms with Crippen LogP contribution in [0, 0.1) is 18.3 Å². The molecule has 1 aromatic carbocycles. The predicted molar refractivity (Wildman–Crippen MR) is 80.0 cm³/mol. The number of ketones is 1. The molecule has 0 N–H and O–H groups in total. The van der Waals surface area contributed by atoms with Crippen molar-refractivity contribution in [3.63, 3.8) is 0 Å². The van der Waals surface area contributed by atoms with Crippen molar-refractivity contribution < 1.29 is 9.59 Å². The van der Waals surface area contributed by atoms with Crippen LogP contribution in [0.4, 0.5) is 0 Å². The minimum Gasteiger partial charge on any atom is -0.332 e. The highest BCUT2D eigenvalue weighted by molar-refractivity contribution is 6.32. The molecule has 0 bridgehead atoms. The summed E-state index contributed by atoms with van der Waals surface area (Å²) in [5, 5.41) is 9.33. The van der Waals surface area contributed by atoms with E-state index in [-0.39, 0.29) is 24.2 Å². The first-order chi connectivity index (χ1) is 9.95. The van der Waals surface area contributed by atoms with Crippen LogP contribution in [0.25, 0.3) is 0 Å². The molecule has 1 amide bonds. The lowest BCUT2D eigenvalue weighted by molar-refractivity contribution is -0.136. The Morgan fingerprint density at radius 3 is 2.81 bits per heavy atom. The number of nitriles is 1. The number of carbonyl (C=O) groups is 2. The number of halogens is 1. The van der Waals surface area contributed by atoms with Crippen LogP contribution in [-0.4, -0.2) is 29.2 Å². The van der Waals surface area contributed by atoms with E-state index in [2.05, 4.69) is 0 Å². The normalized spacial score (nSPS) is 17.6. The van der Waals surface area contributed by atoms with Crippen molar-refractivity contribution in [3.8, 4) is 6.07 Å². The summed E-state index contributed by atoms with van der Waals surface area (Å²) < 4.78 is 0. The van der Waals surface area contributed by atoms with Gasteiger partial charge in [-0.1, -0.05) is 17.7 Å². The number of hydrogen-bond acceptors (Lipinski definition) is 3. The van der Waals surface area contributed by atoms with E-state index in [0.717, 1.165) is 24.0 Å². The minimum absolute atomic E-state index is 0.0374. The van der Waals surface area contributed by atoms with Gasteiger partial charge >= 0.3 is 0 Å². The summed E-state index contributed by atoms with van der Waals surface area (Å²) in [6, 6.07) is 5.13. The molecular weight excluding hydrogens is 288 g/mol. The van der Waals surface area contributed by atoms with Gasteiger partial charge in [-0.3, -0.25) is 9.59 Å². The number of carbonyl (C=O) groups excluding carboxylic acids is 2. The van der Waals surface area contributed by atoms with Gasteiger partial charge in [-0.15, -0.1) is 0 Å². The third-order valence-electron chi connectivity index (χ3n) is 4.00. The molecule has 110 valence electrons. The average molecular weight is 305 g/mol. The number of benzene rings is 1. The summed E-state index contributed by atoms with van der Waals surface area (Å²) in [5.41, 5.74) is 1.97. The van der Waals surface area contributed by atoms with Crippen LogP contribution in [0.2, 0.25) is 5.02 Å². The van der Waals surface area contributed by atoms with Crippen molar-refractivity contribution in [3.05, 3.63) is 33.8 Å². The standard InChI is InChI=1S/C16H17ClN2O2/c1-10-12(5-6-13(9-18)16(10)17)8-15(21)19-7-3-4-14(19)11(2)20/h5-6,14H,3-4,7-8H2,1-2H3. The largest absolute Gasteiger partial charge is 0.332 e. The first-order valence-electron chi connectivity index (χ1n) is 6.93. The van der Waals surface area contributed by atoms with Gasteiger partial charge < -0.3 is 4.90 Å². The maximum Gasteiger partial charge on any atom is 0.227 e. The van der Waals surface area contributed by atoms with Crippen molar-refractivity contribution >= 4 is 23.3 Å². The summed E-state index contributed by atoms with van der Waals surface area (Å²) in [5.74, 6) is -0.0213. The summed E-state index contributed by atoms with van der Waals surface area (Å²) >= 11 is 6.12. The quantitative estimate of drug-likeness (QED) is 0.862. The van der Waals surface area contributed by atoms with E-state index in [9.17, 15) is 9.59 Å². The average Bonchev–Trinajstić information content (AvgIpc) is 2.94. The van der Waals surface area contributed by atoms with Gasteiger partial charge in [0.1, 0.15) is 6.07 Å². The first-order valence-corrected chi connectivity index (χ1v) is 7.31. The molecule has 1 atom stereocenters.